The molecule has 5 nitrogen and oxygen atoms in total. The standard InChI is InChI=1S/C5H11F2NO4SSi/c1-14(2,3)12-4(9)5(6,7)13(8,10)11/h1-3H3,(H2,8,10,11). The zero-order valence-corrected chi connectivity index (χ0v) is 9.69. The second-order valence-electron chi connectivity index (χ2n) is 3.56. The zero-order valence-electron chi connectivity index (χ0n) is 7.87. The minimum absolute atomic E-state index is 1.46. The van der Waals surface area contributed by atoms with E-state index in [4.69, 9.17) is 0 Å². The number of carbonyl (C=O) groups excluding carboxylic acids is 1. The van der Waals surface area contributed by atoms with E-state index in [2.05, 4.69) is 9.56 Å². The van der Waals surface area contributed by atoms with Gasteiger partial charge in [0.1, 0.15) is 0 Å². The monoisotopic (exact) mass is 247 g/mol. The van der Waals surface area contributed by atoms with E-state index in [1.54, 1.807) is 0 Å². The van der Waals surface area contributed by atoms with Crippen LogP contribution >= 0.6 is 0 Å². The summed E-state index contributed by atoms with van der Waals surface area (Å²) in [4.78, 5) is 10.7. The van der Waals surface area contributed by atoms with Crippen molar-refractivity contribution in [3.63, 3.8) is 0 Å². The summed E-state index contributed by atoms with van der Waals surface area (Å²) in [7, 11) is -7.82. The van der Waals surface area contributed by atoms with Crippen LogP contribution in [-0.4, -0.2) is 28.0 Å². The number of sulfonamides is 1. The van der Waals surface area contributed by atoms with Crippen LogP contribution in [0.5, 0.6) is 0 Å². The Hall–Kier alpha value is -0.543. The molecule has 0 saturated carbocycles. The van der Waals surface area contributed by atoms with Crippen molar-refractivity contribution in [2.75, 3.05) is 0 Å². The molecular weight excluding hydrogens is 236 g/mol. The third-order valence-corrected chi connectivity index (χ3v) is 2.67. The van der Waals surface area contributed by atoms with Crippen LogP contribution < -0.4 is 5.14 Å². The molecule has 0 spiro atoms. The second kappa shape index (κ2) is 3.55. The Balaban J connectivity index is 4.89. The van der Waals surface area contributed by atoms with Gasteiger partial charge in [-0.2, -0.15) is 8.78 Å². The van der Waals surface area contributed by atoms with E-state index in [9.17, 15) is 22.0 Å². The van der Waals surface area contributed by atoms with Gasteiger partial charge in [-0.05, 0) is 19.6 Å². The molecule has 0 fully saturated rings. The lowest BCUT2D eigenvalue weighted by molar-refractivity contribution is -0.151. The van der Waals surface area contributed by atoms with E-state index >= 15 is 0 Å². The molecule has 0 aliphatic carbocycles. The molecule has 0 heterocycles. The topological polar surface area (TPSA) is 86.5 Å². The van der Waals surface area contributed by atoms with Crippen LogP contribution in [0.25, 0.3) is 0 Å². The molecule has 0 amide bonds. The van der Waals surface area contributed by atoms with Gasteiger partial charge in [0.2, 0.25) is 8.32 Å². The van der Waals surface area contributed by atoms with Crippen LogP contribution in [0.1, 0.15) is 0 Å². The molecule has 14 heavy (non-hydrogen) atoms. The van der Waals surface area contributed by atoms with Crippen molar-refractivity contribution in [2.45, 2.75) is 24.9 Å². The number of alkyl halides is 2. The number of rotatable bonds is 3. The van der Waals surface area contributed by atoms with Gasteiger partial charge in [0, 0.05) is 0 Å². The summed E-state index contributed by atoms with van der Waals surface area (Å²) < 4.78 is 50.3. The fraction of sp³-hybridized carbons (Fsp3) is 0.800. The molecule has 0 radical (unpaired) electrons. The predicted molar refractivity (Wildman–Crippen MR) is 47.5 cm³/mol. The highest BCUT2D eigenvalue weighted by Crippen LogP contribution is 2.22. The molecule has 84 valence electrons. The number of halogens is 2. The number of carbonyl (C=O) groups is 1. The molecule has 0 aliphatic rings. The third-order valence-electron chi connectivity index (χ3n) is 0.994. The minimum Gasteiger partial charge on any atom is -0.515 e. The van der Waals surface area contributed by atoms with Crippen LogP contribution in [0.2, 0.25) is 19.6 Å². The number of primary sulfonamides is 1. The summed E-state index contributed by atoms with van der Waals surface area (Å²) in [6.45, 7) is 4.39. The average Bonchev–Trinajstić information content (AvgIpc) is 1.80. The summed E-state index contributed by atoms with van der Waals surface area (Å²) in [5, 5.41) is -0.504. The maximum Gasteiger partial charge on any atom is 0.452 e. The van der Waals surface area contributed by atoms with Crippen molar-refractivity contribution in [2.24, 2.45) is 5.14 Å². The summed E-state index contributed by atoms with van der Waals surface area (Å²) in [6, 6.07) is 0. The van der Waals surface area contributed by atoms with Crippen molar-refractivity contribution in [3.05, 3.63) is 0 Å². The predicted octanol–water partition coefficient (Wildman–Crippen LogP) is 0.246. The molecule has 0 aromatic carbocycles. The summed E-state index contributed by atoms with van der Waals surface area (Å²) >= 11 is 0. The van der Waals surface area contributed by atoms with Crippen molar-refractivity contribution >= 4 is 24.3 Å². The van der Waals surface area contributed by atoms with Gasteiger partial charge in [-0.1, -0.05) is 0 Å². The van der Waals surface area contributed by atoms with Crippen LogP contribution in [-0.2, 0) is 19.2 Å². The smallest absolute Gasteiger partial charge is 0.452 e. The van der Waals surface area contributed by atoms with Crippen LogP contribution in [0.4, 0.5) is 8.78 Å². The van der Waals surface area contributed by atoms with E-state index in [1.807, 2.05) is 0 Å². The van der Waals surface area contributed by atoms with E-state index in [-0.39, 0.29) is 0 Å². The van der Waals surface area contributed by atoms with Crippen LogP contribution in [0.3, 0.4) is 0 Å². The van der Waals surface area contributed by atoms with Gasteiger partial charge in [0.15, 0.2) is 0 Å². The van der Waals surface area contributed by atoms with Crippen molar-refractivity contribution in [1.82, 2.24) is 0 Å². The Kier molecular flexibility index (Phi) is 3.41. The van der Waals surface area contributed by atoms with Crippen molar-refractivity contribution in [1.29, 1.82) is 0 Å². The van der Waals surface area contributed by atoms with Crippen molar-refractivity contribution in [3.8, 4) is 0 Å². The molecule has 0 saturated heterocycles. The molecule has 0 aliphatic heterocycles. The van der Waals surface area contributed by atoms with Gasteiger partial charge in [0.25, 0.3) is 10.0 Å². The lowest BCUT2D eigenvalue weighted by Crippen LogP contribution is -2.47. The molecule has 9 heteroatoms. The van der Waals surface area contributed by atoms with Crippen LogP contribution in [0, 0.1) is 0 Å². The van der Waals surface area contributed by atoms with Gasteiger partial charge in [-0.15, -0.1) is 0 Å². The maximum absolute atomic E-state index is 12.7. The fourth-order valence-electron chi connectivity index (χ4n) is 0.454. The first-order valence-corrected chi connectivity index (χ1v) is 8.47. The normalized spacial score (nSPS) is 13.9. The highest BCUT2D eigenvalue weighted by Gasteiger charge is 2.53. The van der Waals surface area contributed by atoms with E-state index in [0.29, 0.717) is 0 Å². The van der Waals surface area contributed by atoms with Crippen molar-refractivity contribution < 1.29 is 26.4 Å². The van der Waals surface area contributed by atoms with Gasteiger partial charge in [-0.3, -0.25) is 0 Å². The number of nitrogens with two attached hydrogens (primary N) is 1. The van der Waals surface area contributed by atoms with E-state index in [1.165, 1.54) is 19.6 Å². The molecular formula is C5H11F2NO4SSi. The Labute approximate surface area is 81.4 Å². The molecule has 2 N–H and O–H groups in total. The van der Waals surface area contributed by atoms with Gasteiger partial charge < -0.3 is 4.43 Å². The molecule has 0 unspecified atom stereocenters. The quantitative estimate of drug-likeness (QED) is 0.724. The maximum atomic E-state index is 12.7. The minimum atomic E-state index is -5.26. The number of hydrogen-bond acceptors (Lipinski definition) is 4. The summed E-state index contributed by atoms with van der Waals surface area (Å²) in [5.74, 6) is -2.11. The Morgan fingerprint density at radius 3 is 1.93 bits per heavy atom. The summed E-state index contributed by atoms with van der Waals surface area (Å²) in [5.41, 5.74) is 0. The van der Waals surface area contributed by atoms with Gasteiger partial charge in [-0.25, -0.2) is 18.4 Å². The first kappa shape index (κ1) is 13.5. The molecule has 0 atom stereocenters. The molecule has 0 aromatic heterocycles. The zero-order chi connectivity index (χ0) is 11.8. The van der Waals surface area contributed by atoms with E-state index < -0.39 is 29.6 Å². The van der Waals surface area contributed by atoms with Crippen LogP contribution in [0.15, 0.2) is 0 Å². The Morgan fingerprint density at radius 2 is 1.71 bits per heavy atom. The number of hydrogen-bond donors (Lipinski definition) is 1. The average molecular weight is 247 g/mol. The van der Waals surface area contributed by atoms with Gasteiger partial charge >= 0.3 is 11.2 Å². The van der Waals surface area contributed by atoms with E-state index in [0.717, 1.165) is 0 Å². The third kappa shape index (κ3) is 3.31. The highest BCUT2D eigenvalue weighted by molar-refractivity contribution is 7.91. The SMILES string of the molecule is C[Si](C)(C)OC(=O)C(F)(F)S(N)(=O)=O. The molecule has 0 rings (SSSR count). The first-order chi connectivity index (χ1) is 5.88. The largest absolute Gasteiger partial charge is 0.515 e. The Morgan fingerprint density at radius 1 is 1.36 bits per heavy atom. The molecule has 0 aromatic rings. The van der Waals surface area contributed by atoms with Gasteiger partial charge in [0.05, 0.1) is 0 Å². The Bertz CT molecular complexity index is 334. The fourth-order valence-corrected chi connectivity index (χ4v) is 1.49. The lowest BCUT2D eigenvalue weighted by Gasteiger charge is -2.20. The highest BCUT2D eigenvalue weighted by atomic mass is 32.2. The molecule has 0 bridgehead atoms. The lowest BCUT2D eigenvalue weighted by atomic mass is 10.7. The second-order valence-corrected chi connectivity index (χ2v) is 9.60. The first-order valence-electron chi connectivity index (χ1n) is 3.51. The summed E-state index contributed by atoms with van der Waals surface area (Å²) in [6.07, 6.45) is 0.